The van der Waals surface area contributed by atoms with E-state index >= 15 is 0 Å². The van der Waals surface area contributed by atoms with Crippen molar-refractivity contribution in [2.45, 2.75) is 39.7 Å². The highest BCUT2D eigenvalue weighted by atomic mass is 79.9. The third-order valence-corrected chi connectivity index (χ3v) is 3.91. The molecule has 2 N–H and O–H groups in total. The van der Waals surface area contributed by atoms with Crippen molar-refractivity contribution in [1.29, 1.82) is 0 Å². The van der Waals surface area contributed by atoms with Crippen LogP contribution in [0.4, 0.5) is 0 Å². The molecular formula is C15H23BrN2O. The number of carbonyl (C=O) groups is 1. The first-order chi connectivity index (χ1) is 9.02. The highest BCUT2D eigenvalue weighted by molar-refractivity contribution is 9.10. The maximum absolute atomic E-state index is 11.7. The lowest BCUT2D eigenvalue weighted by Crippen LogP contribution is -2.38. The first-order valence-electron chi connectivity index (χ1n) is 6.78. The third-order valence-electron chi connectivity index (χ3n) is 3.02. The van der Waals surface area contributed by atoms with Gasteiger partial charge in [-0.25, -0.2) is 0 Å². The molecule has 3 nitrogen and oxygen atoms in total. The molecule has 0 heterocycles. The number of benzene rings is 1. The third kappa shape index (κ3) is 6.21. The Morgan fingerprint density at radius 2 is 2.16 bits per heavy atom. The lowest BCUT2D eigenvalue weighted by molar-refractivity contribution is -0.121. The Bertz CT molecular complexity index is 421. The van der Waals surface area contributed by atoms with Gasteiger partial charge in [-0.2, -0.15) is 0 Å². The molecule has 0 aromatic heterocycles. The first kappa shape index (κ1) is 16.2. The molecule has 0 unspecified atom stereocenters. The van der Waals surface area contributed by atoms with Crippen LogP contribution in [0.1, 0.15) is 31.4 Å². The Morgan fingerprint density at radius 3 is 2.79 bits per heavy atom. The van der Waals surface area contributed by atoms with Crippen LogP contribution in [0.3, 0.4) is 0 Å². The molecule has 0 aliphatic rings. The van der Waals surface area contributed by atoms with Crippen molar-refractivity contribution in [3.63, 3.8) is 0 Å². The minimum Gasteiger partial charge on any atom is -0.355 e. The van der Waals surface area contributed by atoms with Gasteiger partial charge in [0.25, 0.3) is 0 Å². The summed E-state index contributed by atoms with van der Waals surface area (Å²) in [5.41, 5.74) is 2.41. The predicted molar refractivity (Wildman–Crippen MR) is 83.3 cm³/mol. The van der Waals surface area contributed by atoms with E-state index < -0.39 is 0 Å². The molecule has 0 radical (unpaired) electrons. The molecule has 1 aromatic rings. The van der Waals surface area contributed by atoms with Crippen molar-refractivity contribution in [3.8, 4) is 0 Å². The molecule has 0 saturated carbocycles. The standard InChI is InChI=1S/C15H23BrN2O/c1-4-17-12(3)10-18-15(19)8-6-13-5-7-14(16)11(2)9-13/h5,7,9,12,17H,4,6,8,10H2,1-3H3,(H,18,19)/t12-/m1/s1. The second-order valence-electron chi connectivity index (χ2n) is 4.85. The van der Waals surface area contributed by atoms with E-state index in [1.165, 1.54) is 11.1 Å². The van der Waals surface area contributed by atoms with Crippen molar-refractivity contribution in [3.05, 3.63) is 33.8 Å². The van der Waals surface area contributed by atoms with Gasteiger partial charge in [-0.1, -0.05) is 35.0 Å². The highest BCUT2D eigenvalue weighted by Gasteiger charge is 2.05. The number of nitrogens with one attached hydrogen (secondary N) is 2. The topological polar surface area (TPSA) is 41.1 Å². The fraction of sp³-hybridized carbons (Fsp3) is 0.533. The monoisotopic (exact) mass is 326 g/mol. The van der Waals surface area contributed by atoms with Gasteiger partial charge in [0.05, 0.1) is 0 Å². The van der Waals surface area contributed by atoms with Gasteiger partial charge in [0.2, 0.25) is 5.91 Å². The number of rotatable bonds is 7. The van der Waals surface area contributed by atoms with E-state index in [9.17, 15) is 4.79 Å². The van der Waals surface area contributed by atoms with Crippen LogP contribution in [0.2, 0.25) is 0 Å². The Labute approximate surface area is 124 Å². The number of amides is 1. The average molecular weight is 327 g/mol. The van der Waals surface area contributed by atoms with Crippen molar-refractivity contribution in [2.24, 2.45) is 0 Å². The van der Waals surface area contributed by atoms with Gasteiger partial charge in [-0.15, -0.1) is 0 Å². The van der Waals surface area contributed by atoms with Crippen LogP contribution >= 0.6 is 15.9 Å². The summed E-state index contributed by atoms with van der Waals surface area (Å²) in [7, 11) is 0. The summed E-state index contributed by atoms with van der Waals surface area (Å²) in [5.74, 6) is 0.116. The quantitative estimate of drug-likeness (QED) is 0.809. The van der Waals surface area contributed by atoms with Gasteiger partial charge < -0.3 is 10.6 Å². The van der Waals surface area contributed by atoms with E-state index in [0.29, 0.717) is 19.0 Å². The molecule has 0 saturated heterocycles. The van der Waals surface area contributed by atoms with Crippen molar-refractivity contribution < 1.29 is 4.79 Å². The van der Waals surface area contributed by atoms with Crippen LogP contribution in [0.15, 0.2) is 22.7 Å². The first-order valence-corrected chi connectivity index (χ1v) is 7.57. The molecule has 106 valence electrons. The molecule has 0 aliphatic heterocycles. The Morgan fingerprint density at radius 1 is 1.42 bits per heavy atom. The van der Waals surface area contributed by atoms with Crippen molar-refractivity contribution >= 4 is 21.8 Å². The van der Waals surface area contributed by atoms with Gasteiger partial charge in [0.1, 0.15) is 0 Å². The maximum Gasteiger partial charge on any atom is 0.220 e. The molecule has 1 rings (SSSR count). The lowest BCUT2D eigenvalue weighted by Gasteiger charge is -2.13. The summed E-state index contributed by atoms with van der Waals surface area (Å²) in [6.45, 7) is 7.81. The number of halogens is 1. The van der Waals surface area contributed by atoms with Gasteiger partial charge in [-0.05, 0) is 44.0 Å². The number of aryl methyl sites for hydroxylation is 2. The minimum absolute atomic E-state index is 0.116. The van der Waals surface area contributed by atoms with Gasteiger partial charge in [0.15, 0.2) is 0 Å². The molecule has 4 heteroatoms. The van der Waals surface area contributed by atoms with E-state index in [2.05, 4.69) is 59.5 Å². The number of hydrogen-bond donors (Lipinski definition) is 2. The molecule has 0 bridgehead atoms. The minimum atomic E-state index is 0.116. The second-order valence-corrected chi connectivity index (χ2v) is 5.70. The highest BCUT2D eigenvalue weighted by Crippen LogP contribution is 2.17. The van der Waals surface area contributed by atoms with Crippen LogP contribution in [0.25, 0.3) is 0 Å². The Hall–Kier alpha value is -0.870. The molecule has 1 atom stereocenters. The number of likely N-dealkylation sites (N-methyl/N-ethyl adjacent to an activating group) is 1. The molecule has 1 amide bonds. The normalized spacial score (nSPS) is 12.2. The van der Waals surface area contributed by atoms with E-state index in [0.717, 1.165) is 17.4 Å². The zero-order chi connectivity index (χ0) is 14.3. The fourth-order valence-corrected chi connectivity index (χ4v) is 2.14. The van der Waals surface area contributed by atoms with Crippen molar-refractivity contribution in [1.82, 2.24) is 10.6 Å². The molecule has 1 aromatic carbocycles. The van der Waals surface area contributed by atoms with E-state index in [1.807, 2.05) is 6.07 Å². The SMILES string of the molecule is CCN[C@H](C)CNC(=O)CCc1ccc(Br)c(C)c1. The molecular weight excluding hydrogens is 304 g/mol. The Kier molecular flexibility index (Phi) is 7.10. The van der Waals surface area contributed by atoms with E-state index in [1.54, 1.807) is 0 Å². The van der Waals surface area contributed by atoms with Gasteiger partial charge in [0, 0.05) is 23.5 Å². The zero-order valence-corrected chi connectivity index (χ0v) is 13.5. The summed E-state index contributed by atoms with van der Waals surface area (Å²) in [4.78, 5) is 11.7. The molecule has 0 aliphatic carbocycles. The summed E-state index contributed by atoms with van der Waals surface area (Å²) in [5, 5.41) is 6.22. The fourth-order valence-electron chi connectivity index (χ4n) is 1.90. The van der Waals surface area contributed by atoms with Crippen LogP contribution in [-0.2, 0) is 11.2 Å². The van der Waals surface area contributed by atoms with Crippen LogP contribution in [0, 0.1) is 6.92 Å². The van der Waals surface area contributed by atoms with Gasteiger partial charge >= 0.3 is 0 Å². The smallest absolute Gasteiger partial charge is 0.220 e. The van der Waals surface area contributed by atoms with Crippen LogP contribution in [-0.4, -0.2) is 25.0 Å². The van der Waals surface area contributed by atoms with Crippen LogP contribution < -0.4 is 10.6 Å². The summed E-state index contributed by atoms with van der Waals surface area (Å²) < 4.78 is 1.11. The summed E-state index contributed by atoms with van der Waals surface area (Å²) in [6.07, 6.45) is 1.33. The zero-order valence-electron chi connectivity index (χ0n) is 11.9. The average Bonchev–Trinajstić information content (AvgIpc) is 2.38. The molecule has 0 spiro atoms. The largest absolute Gasteiger partial charge is 0.355 e. The number of carbonyl (C=O) groups excluding carboxylic acids is 1. The molecule has 0 fully saturated rings. The predicted octanol–water partition coefficient (Wildman–Crippen LogP) is 2.80. The molecule has 19 heavy (non-hydrogen) atoms. The van der Waals surface area contributed by atoms with Crippen LogP contribution in [0.5, 0.6) is 0 Å². The summed E-state index contributed by atoms with van der Waals surface area (Å²) in [6, 6.07) is 6.55. The Balaban J connectivity index is 2.31. The van der Waals surface area contributed by atoms with Gasteiger partial charge in [-0.3, -0.25) is 4.79 Å². The number of hydrogen-bond acceptors (Lipinski definition) is 2. The van der Waals surface area contributed by atoms with E-state index in [-0.39, 0.29) is 5.91 Å². The lowest BCUT2D eigenvalue weighted by atomic mass is 10.1. The summed E-state index contributed by atoms with van der Waals surface area (Å²) >= 11 is 3.48. The van der Waals surface area contributed by atoms with E-state index in [4.69, 9.17) is 0 Å². The van der Waals surface area contributed by atoms with Crippen molar-refractivity contribution in [2.75, 3.05) is 13.1 Å². The maximum atomic E-state index is 11.7. The second kappa shape index (κ2) is 8.33.